The van der Waals surface area contributed by atoms with Gasteiger partial charge < -0.3 is 4.90 Å². The number of carbonyl (C=O) groups excluding carboxylic acids is 2. The Labute approximate surface area is 174 Å². The lowest BCUT2D eigenvalue weighted by Gasteiger charge is -2.42. The van der Waals surface area contributed by atoms with E-state index >= 15 is 0 Å². The van der Waals surface area contributed by atoms with Crippen LogP contribution in [0.1, 0.15) is 24.3 Å². The van der Waals surface area contributed by atoms with Gasteiger partial charge in [-0.15, -0.1) is 0 Å². The molecular weight excluding hydrogens is 418 g/mol. The molecule has 3 heterocycles. The van der Waals surface area contributed by atoms with Crippen molar-refractivity contribution in [2.24, 2.45) is 0 Å². The molecule has 0 unspecified atom stereocenters. The predicted octanol–water partition coefficient (Wildman–Crippen LogP) is 2.73. The summed E-state index contributed by atoms with van der Waals surface area (Å²) in [6.45, 7) is 2.35. The molecule has 7 nitrogen and oxygen atoms in total. The van der Waals surface area contributed by atoms with Crippen LogP contribution in [0.2, 0.25) is 5.02 Å². The number of nitrogens with zero attached hydrogens (tertiary/aromatic N) is 4. The topological polar surface area (TPSA) is 76.7 Å². The number of halogens is 3. The Morgan fingerprint density at radius 1 is 1.27 bits per heavy atom. The predicted molar refractivity (Wildman–Crippen MR) is 106 cm³/mol. The first-order chi connectivity index (χ1) is 14.1. The highest BCUT2D eigenvalue weighted by molar-refractivity contribution is 6.31. The molecule has 2 aromatic heterocycles. The monoisotopic (exact) mass is 434 g/mol. The van der Waals surface area contributed by atoms with Crippen LogP contribution in [0, 0.1) is 5.82 Å². The van der Waals surface area contributed by atoms with Crippen molar-refractivity contribution in [3.05, 3.63) is 57.5 Å². The van der Waals surface area contributed by atoms with E-state index in [0.29, 0.717) is 11.1 Å². The summed E-state index contributed by atoms with van der Waals surface area (Å²) >= 11 is 5.88. The van der Waals surface area contributed by atoms with Gasteiger partial charge in [-0.1, -0.05) is 17.7 Å². The highest BCUT2D eigenvalue weighted by Crippen LogP contribution is 2.29. The third-order valence-corrected chi connectivity index (χ3v) is 5.33. The minimum atomic E-state index is -1.42. The van der Waals surface area contributed by atoms with Gasteiger partial charge in [0.05, 0.1) is 18.1 Å². The molecule has 0 atom stereocenters. The van der Waals surface area contributed by atoms with Crippen molar-refractivity contribution in [1.82, 2.24) is 19.1 Å². The summed E-state index contributed by atoms with van der Waals surface area (Å²) in [4.78, 5) is 38.9. The summed E-state index contributed by atoms with van der Waals surface area (Å²) < 4.78 is 29.6. The van der Waals surface area contributed by atoms with Gasteiger partial charge in [0.25, 0.3) is 5.56 Å². The molecule has 4 rings (SSSR count). The van der Waals surface area contributed by atoms with Gasteiger partial charge in [-0.3, -0.25) is 19.0 Å². The van der Waals surface area contributed by atoms with E-state index < -0.39 is 23.0 Å². The summed E-state index contributed by atoms with van der Waals surface area (Å²) in [6.07, 6.45) is 1.16. The quantitative estimate of drug-likeness (QED) is 0.592. The third kappa shape index (κ3) is 3.39. The van der Waals surface area contributed by atoms with E-state index in [1.807, 2.05) is 0 Å². The minimum Gasteiger partial charge on any atom is -0.335 e. The second-order valence-corrected chi connectivity index (χ2v) is 8.02. The zero-order valence-corrected chi connectivity index (χ0v) is 16.9. The van der Waals surface area contributed by atoms with Gasteiger partial charge in [0.1, 0.15) is 35.6 Å². The minimum absolute atomic E-state index is 0.0325. The molecule has 1 aliphatic heterocycles. The standard InChI is InChI=1S/C20H17ClF2N4O3/c1-11(28)16-6-13(12-3-4-15(22)14(21)5-12)18-19(30)25(10-24-27(16)18)7-17(29)26-8-20(2,23)9-26/h3-6,10H,7-9H2,1-2H3. The third-order valence-electron chi connectivity index (χ3n) is 5.04. The van der Waals surface area contributed by atoms with Crippen molar-refractivity contribution in [3.8, 4) is 11.1 Å². The summed E-state index contributed by atoms with van der Waals surface area (Å²) in [5.74, 6) is -1.36. The largest absolute Gasteiger partial charge is 0.335 e. The summed E-state index contributed by atoms with van der Waals surface area (Å²) in [7, 11) is 0. The molecule has 0 aliphatic carbocycles. The fourth-order valence-corrected chi connectivity index (χ4v) is 3.73. The van der Waals surface area contributed by atoms with E-state index in [0.717, 1.165) is 17.0 Å². The Kier molecular flexibility index (Phi) is 4.73. The van der Waals surface area contributed by atoms with Gasteiger partial charge in [-0.25, -0.2) is 13.3 Å². The lowest BCUT2D eigenvalue weighted by atomic mass is 9.99. The number of ketones is 1. The number of hydrogen-bond acceptors (Lipinski definition) is 4. The Morgan fingerprint density at radius 3 is 2.57 bits per heavy atom. The molecule has 0 spiro atoms. The normalized spacial score (nSPS) is 15.3. The summed E-state index contributed by atoms with van der Waals surface area (Å²) in [5.41, 5.74) is -1.02. The number of aromatic nitrogens is 3. The summed E-state index contributed by atoms with van der Waals surface area (Å²) in [6, 6.07) is 5.42. The number of amides is 1. The fourth-order valence-electron chi connectivity index (χ4n) is 3.55. The van der Waals surface area contributed by atoms with Crippen molar-refractivity contribution < 1.29 is 18.4 Å². The van der Waals surface area contributed by atoms with E-state index in [1.54, 1.807) is 0 Å². The first kappa shape index (κ1) is 20.2. The molecule has 156 valence electrons. The van der Waals surface area contributed by atoms with E-state index in [1.165, 1.54) is 41.5 Å². The molecular formula is C20H17ClF2N4O3. The molecule has 1 fully saturated rings. The Hall–Kier alpha value is -3.07. The van der Waals surface area contributed by atoms with Crippen LogP contribution in [0.4, 0.5) is 8.78 Å². The number of likely N-dealkylation sites (tertiary alicyclic amines) is 1. The molecule has 3 aromatic rings. The van der Waals surface area contributed by atoms with Crippen LogP contribution >= 0.6 is 11.6 Å². The maximum absolute atomic E-state index is 13.7. The smallest absolute Gasteiger partial charge is 0.278 e. The molecule has 0 bridgehead atoms. The molecule has 0 N–H and O–H groups in total. The van der Waals surface area contributed by atoms with Crippen LogP contribution in [0.3, 0.4) is 0 Å². The first-order valence-electron chi connectivity index (χ1n) is 9.11. The van der Waals surface area contributed by atoms with E-state index in [-0.39, 0.29) is 41.7 Å². The molecule has 1 aliphatic rings. The van der Waals surface area contributed by atoms with Gasteiger partial charge in [-0.05, 0) is 30.7 Å². The van der Waals surface area contributed by atoms with Crippen LogP contribution < -0.4 is 5.56 Å². The maximum Gasteiger partial charge on any atom is 0.278 e. The van der Waals surface area contributed by atoms with Crippen molar-refractivity contribution >= 4 is 28.8 Å². The van der Waals surface area contributed by atoms with Crippen molar-refractivity contribution in [1.29, 1.82) is 0 Å². The number of rotatable bonds is 4. The number of carbonyl (C=O) groups is 2. The average Bonchev–Trinajstić information content (AvgIpc) is 3.05. The lowest BCUT2D eigenvalue weighted by Crippen LogP contribution is -2.60. The van der Waals surface area contributed by atoms with Gasteiger partial charge >= 0.3 is 0 Å². The number of Topliss-reactive ketones (excluding diaryl/α,β-unsaturated/α-hetero) is 1. The average molecular weight is 435 g/mol. The van der Waals surface area contributed by atoms with Crippen LogP contribution in [0.15, 0.2) is 35.4 Å². The number of benzene rings is 1. The van der Waals surface area contributed by atoms with Gasteiger partial charge in [-0.2, -0.15) is 5.10 Å². The number of hydrogen-bond donors (Lipinski definition) is 0. The highest BCUT2D eigenvalue weighted by Gasteiger charge is 2.41. The number of alkyl halides is 1. The van der Waals surface area contributed by atoms with Crippen LogP contribution in [-0.4, -0.2) is 49.5 Å². The van der Waals surface area contributed by atoms with Gasteiger partial charge in [0, 0.05) is 12.5 Å². The second kappa shape index (κ2) is 7.02. The fraction of sp³-hybridized carbons (Fsp3) is 0.300. The Morgan fingerprint density at radius 2 is 1.97 bits per heavy atom. The number of fused-ring (bicyclic) bond motifs is 1. The van der Waals surface area contributed by atoms with E-state index in [2.05, 4.69) is 5.10 Å². The Balaban J connectivity index is 1.81. The highest BCUT2D eigenvalue weighted by atomic mass is 35.5. The molecule has 1 amide bonds. The second-order valence-electron chi connectivity index (χ2n) is 7.62. The zero-order valence-electron chi connectivity index (χ0n) is 16.2. The van der Waals surface area contributed by atoms with E-state index in [9.17, 15) is 23.2 Å². The van der Waals surface area contributed by atoms with Crippen LogP contribution in [0.5, 0.6) is 0 Å². The molecule has 30 heavy (non-hydrogen) atoms. The lowest BCUT2D eigenvalue weighted by molar-refractivity contribution is -0.144. The zero-order chi connectivity index (χ0) is 21.8. The van der Waals surface area contributed by atoms with E-state index in [4.69, 9.17) is 11.6 Å². The molecule has 1 saturated heterocycles. The van der Waals surface area contributed by atoms with Crippen molar-refractivity contribution in [2.75, 3.05) is 13.1 Å². The van der Waals surface area contributed by atoms with Gasteiger partial charge in [0.15, 0.2) is 5.78 Å². The first-order valence-corrected chi connectivity index (χ1v) is 9.49. The van der Waals surface area contributed by atoms with Gasteiger partial charge in [0.2, 0.25) is 5.91 Å². The van der Waals surface area contributed by atoms with Crippen LogP contribution in [-0.2, 0) is 11.3 Å². The van der Waals surface area contributed by atoms with Crippen molar-refractivity contribution in [2.45, 2.75) is 26.1 Å². The van der Waals surface area contributed by atoms with Crippen molar-refractivity contribution in [3.63, 3.8) is 0 Å². The molecule has 1 aromatic carbocycles. The molecule has 10 heteroatoms. The maximum atomic E-state index is 13.7. The molecule has 0 radical (unpaired) electrons. The summed E-state index contributed by atoms with van der Waals surface area (Å²) in [5, 5.41) is 4.00. The molecule has 0 saturated carbocycles. The Bertz CT molecular complexity index is 1260. The van der Waals surface area contributed by atoms with Crippen LogP contribution in [0.25, 0.3) is 16.6 Å². The SMILES string of the molecule is CC(=O)c1cc(-c2ccc(F)c(Cl)c2)c2c(=O)n(CC(=O)N3CC(C)(F)C3)cnn12.